The second kappa shape index (κ2) is 5.44. The minimum atomic E-state index is 0.170. The molecule has 1 heterocycles. The van der Waals surface area contributed by atoms with Crippen molar-refractivity contribution in [1.82, 2.24) is 4.98 Å². The lowest BCUT2D eigenvalue weighted by atomic mass is 10.0. The summed E-state index contributed by atoms with van der Waals surface area (Å²) >= 11 is 0. The van der Waals surface area contributed by atoms with Crippen LogP contribution in [0.5, 0.6) is 5.75 Å². The van der Waals surface area contributed by atoms with Crippen molar-refractivity contribution in [3.63, 3.8) is 0 Å². The van der Waals surface area contributed by atoms with Gasteiger partial charge in [-0.1, -0.05) is 29.8 Å². The molecule has 0 fully saturated rings. The lowest BCUT2D eigenvalue weighted by Gasteiger charge is -2.02. The van der Waals surface area contributed by atoms with Crippen LogP contribution in [0.1, 0.15) is 16.7 Å². The fourth-order valence-electron chi connectivity index (χ4n) is 2.52. The molecule has 0 saturated carbocycles. The molecule has 106 valence electrons. The molecule has 3 aromatic rings. The first kappa shape index (κ1) is 13.4. The summed E-state index contributed by atoms with van der Waals surface area (Å²) in [5.74, 6) is 0.387. The van der Waals surface area contributed by atoms with Crippen molar-refractivity contribution >= 4 is 16.7 Å². The van der Waals surface area contributed by atoms with Crippen molar-refractivity contribution < 1.29 is 9.90 Å². The largest absolute Gasteiger partial charge is 0.508 e. The van der Waals surface area contributed by atoms with E-state index in [1.54, 1.807) is 12.1 Å². The first-order valence-electron chi connectivity index (χ1n) is 6.98. The fourth-order valence-corrected chi connectivity index (χ4v) is 2.52. The van der Waals surface area contributed by atoms with E-state index in [0.717, 1.165) is 22.0 Å². The Labute approximate surface area is 123 Å². The molecule has 3 heteroatoms. The summed E-state index contributed by atoms with van der Waals surface area (Å²) in [5.41, 5.74) is 4.09. The monoisotopic (exact) mass is 279 g/mol. The van der Waals surface area contributed by atoms with E-state index in [9.17, 15) is 9.90 Å². The number of Topliss-reactive ketones (excluding diaryl/α,β-unsaturated/α-hetero) is 1. The Morgan fingerprint density at radius 3 is 2.62 bits per heavy atom. The number of hydrogen-bond acceptors (Lipinski definition) is 2. The van der Waals surface area contributed by atoms with E-state index in [4.69, 9.17) is 0 Å². The highest BCUT2D eigenvalue weighted by Crippen LogP contribution is 2.23. The SMILES string of the molecule is Cc1ccc(CC(=O)Cc2c[nH]c3ccc(O)cc23)cc1. The number of fused-ring (bicyclic) bond motifs is 1. The molecule has 2 N–H and O–H groups in total. The average molecular weight is 279 g/mol. The molecule has 21 heavy (non-hydrogen) atoms. The molecule has 0 spiro atoms. The number of rotatable bonds is 4. The highest BCUT2D eigenvalue weighted by atomic mass is 16.3. The van der Waals surface area contributed by atoms with Gasteiger partial charge in [0.15, 0.2) is 0 Å². The Hall–Kier alpha value is -2.55. The van der Waals surface area contributed by atoms with Crippen LogP contribution in [0.4, 0.5) is 0 Å². The van der Waals surface area contributed by atoms with Crippen LogP contribution in [-0.4, -0.2) is 15.9 Å². The van der Waals surface area contributed by atoms with Crippen molar-refractivity contribution in [3.8, 4) is 5.75 Å². The molecule has 0 saturated heterocycles. The Bertz CT molecular complexity index is 785. The van der Waals surface area contributed by atoms with Gasteiger partial charge in [0.2, 0.25) is 0 Å². The summed E-state index contributed by atoms with van der Waals surface area (Å²) in [6, 6.07) is 13.2. The van der Waals surface area contributed by atoms with Crippen LogP contribution < -0.4 is 0 Å². The third kappa shape index (κ3) is 2.97. The Morgan fingerprint density at radius 1 is 1.10 bits per heavy atom. The molecule has 1 aromatic heterocycles. The molecule has 0 amide bonds. The van der Waals surface area contributed by atoms with Crippen LogP contribution in [0.15, 0.2) is 48.7 Å². The minimum absolute atomic E-state index is 0.170. The molecule has 0 aliphatic carbocycles. The van der Waals surface area contributed by atoms with Gasteiger partial charge in [-0.15, -0.1) is 0 Å². The number of aryl methyl sites for hydroxylation is 1. The molecule has 0 unspecified atom stereocenters. The number of phenols is 1. The molecule has 0 bridgehead atoms. The molecule has 3 rings (SSSR count). The standard InChI is InChI=1S/C18H17NO2/c1-12-2-4-13(5-3-12)8-16(21)9-14-11-19-18-7-6-15(20)10-17(14)18/h2-7,10-11,19-20H,8-9H2,1H3. The Kier molecular flexibility index (Phi) is 3.48. The summed E-state index contributed by atoms with van der Waals surface area (Å²) in [4.78, 5) is 15.3. The van der Waals surface area contributed by atoms with Crippen molar-refractivity contribution in [2.45, 2.75) is 19.8 Å². The molecule has 0 aliphatic heterocycles. The van der Waals surface area contributed by atoms with E-state index in [0.29, 0.717) is 12.8 Å². The molecular weight excluding hydrogens is 262 g/mol. The van der Waals surface area contributed by atoms with E-state index in [2.05, 4.69) is 4.98 Å². The van der Waals surface area contributed by atoms with Crippen LogP contribution in [0, 0.1) is 6.92 Å². The first-order chi connectivity index (χ1) is 10.1. The Balaban J connectivity index is 1.77. The zero-order chi connectivity index (χ0) is 14.8. The Morgan fingerprint density at radius 2 is 1.86 bits per heavy atom. The molecule has 2 aromatic carbocycles. The molecule has 0 radical (unpaired) electrons. The smallest absolute Gasteiger partial charge is 0.141 e. The van der Waals surface area contributed by atoms with Gasteiger partial charge >= 0.3 is 0 Å². The molecule has 0 aliphatic rings. The third-order valence-corrected chi connectivity index (χ3v) is 3.66. The van der Waals surface area contributed by atoms with Crippen LogP contribution in [0.2, 0.25) is 0 Å². The normalized spacial score (nSPS) is 10.9. The predicted molar refractivity (Wildman–Crippen MR) is 83.6 cm³/mol. The maximum absolute atomic E-state index is 12.2. The predicted octanol–water partition coefficient (Wildman–Crippen LogP) is 3.54. The number of ketones is 1. The van der Waals surface area contributed by atoms with Gasteiger partial charge in [0.25, 0.3) is 0 Å². The number of aromatic hydroxyl groups is 1. The van der Waals surface area contributed by atoms with Gasteiger partial charge in [-0.3, -0.25) is 4.79 Å². The number of nitrogens with one attached hydrogen (secondary N) is 1. The van der Waals surface area contributed by atoms with Crippen LogP contribution in [0.3, 0.4) is 0 Å². The fraction of sp³-hybridized carbons (Fsp3) is 0.167. The molecule has 3 nitrogen and oxygen atoms in total. The number of hydrogen-bond donors (Lipinski definition) is 2. The lowest BCUT2D eigenvalue weighted by Crippen LogP contribution is -2.06. The minimum Gasteiger partial charge on any atom is -0.508 e. The highest BCUT2D eigenvalue weighted by molar-refractivity contribution is 5.91. The van der Waals surface area contributed by atoms with Crippen LogP contribution in [-0.2, 0) is 17.6 Å². The molecule has 0 atom stereocenters. The zero-order valence-electron chi connectivity index (χ0n) is 11.9. The van der Waals surface area contributed by atoms with Gasteiger partial charge in [0, 0.05) is 29.9 Å². The quantitative estimate of drug-likeness (QED) is 0.767. The lowest BCUT2D eigenvalue weighted by molar-refractivity contribution is -0.117. The van der Waals surface area contributed by atoms with E-state index < -0.39 is 0 Å². The van der Waals surface area contributed by atoms with E-state index >= 15 is 0 Å². The summed E-state index contributed by atoms with van der Waals surface area (Å²) < 4.78 is 0. The number of carbonyl (C=O) groups excluding carboxylic acids is 1. The van der Waals surface area contributed by atoms with Crippen molar-refractivity contribution in [2.24, 2.45) is 0 Å². The van der Waals surface area contributed by atoms with Gasteiger partial charge in [-0.2, -0.15) is 0 Å². The summed E-state index contributed by atoms with van der Waals surface area (Å²) in [6.45, 7) is 2.03. The number of phenolic OH excluding ortho intramolecular Hbond substituents is 1. The summed E-state index contributed by atoms with van der Waals surface area (Å²) in [6.07, 6.45) is 2.65. The number of carbonyl (C=O) groups is 1. The van der Waals surface area contributed by atoms with E-state index in [1.807, 2.05) is 43.5 Å². The van der Waals surface area contributed by atoms with Gasteiger partial charge in [-0.05, 0) is 36.2 Å². The number of aromatic amines is 1. The maximum atomic E-state index is 12.2. The van der Waals surface area contributed by atoms with E-state index in [1.165, 1.54) is 5.56 Å². The van der Waals surface area contributed by atoms with Gasteiger partial charge in [-0.25, -0.2) is 0 Å². The summed E-state index contributed by atoms with van der Waals surface area (Å²) in [5, 5.41) is 10.5. The number of benzene rings is 2. The number of H-pyrrole nitrogens is 1. The van der Waals surface area contributed by atoms with Crippen LogP contribution >= 0.6 is 0 Å². The maximum Gasteiger partial charge on any atom is 0.141 e. The zero-order valence-corrected chi connectivity index (χ0v) is 11.9. The van der Waals surface area contributed by atoms with Crippen molar-refractivity contribution in [1.29, 1.82) is 0 Å². The van der Waals surface area contributed by atoms with E-state index in [-0.39, 0.29) is 11.5 Å². The van der Waals surface area contributed by atoms with Crippen molar-refractivity contribution in [3.05, 3.63) is 65.4 Å². The van der Waals surface area contributed by atoms with Gasteiger partial charge in [0.05, 0.1) is 0 Å². The summed E-state index contributed by atoms with van der Waals surface area (Å²) in [7, 11) is 0. The van der Waals surface area contributed by atoms with Crippen LogP contribution in [0.25, 0.3) is 10.9 Å². The second-order valence-corrected chi connectivity index (χ2v) is 5.42. The highest BCUT2D eigenvalue weighted by Gasteiger charge is 2.10. The molecular formula is C18H17NO2. The number of aromatic nitrogens is 1. The van der Waals surface area contributed by atoms with Gasteiger partial charge in [0.1, 0.15) is 11.5 Å². The van der Waals surface area contributed by atoms with Gasteiger partial charge < -0.3 is 10.1 Å². The third-order valence-electron chi connectivity index (χ3n) is 3.66. The average Bonchev–Trinajstić information content (AvgIpc) is 2.84. The first-order valence-corrected chi connectivity index (χ1v) is 6.98. The van der Waals surface area contributed by atoms with Crippen molar-refractivity contribution in [2.75, 3.05) is 0 Å². The topological polar surface area (TPSA) is 53.1 Å². The second-order valence-electron chi connectivity index (χ2n) is 5.42.